The molecule has 2 rings (SSSR count). The molecule has 6 nitrogen and oxygen atoms in total. The van der Waals surface area contributed by atoms with Gasteiger partial charge in [-0.1, -0.05) is 0 Å². The Morgan fingerprint density at radius 2 is 2.33 bits per heavy atom. The predicted octanol–water partition coefficient (Wildman–Crippen LogP) is 0.550. The molecular weight excluding hydrogens is 236 g/mol. The molecule has 0 N–H and O–H groups in total. The maximum Gasteiger partial charge on any atom is 0.328 e. The molecule has 3 atom stereocenters. The number of nitrogens with zero attached hydrogens (tertiary/aromatic N) is 2. The maximum absolute atomic E-state index is 11.7. The first kappa shape index (κ1) is 12.4. The van der Waals surface area contributed by atoms with E-state index in [0.29, 0.717) is 12.8 Å². The van der Waals surface area contributed by atoms with Crippen molar-refractivity contribution < 1.29 is 19.1 Å². The molecule has 0 saturated carbocycles. The third-order valence-electron chi connectivity index (χ3n) is 3.34. The minimum absolute atomic E-state index is 0.0371. The molecule has 2 aliphatic heterocycles. The lowest BCUT2D eigenvalue weighted by atomic mass is 9.98. The van der Waals surface area contributed by atoms with Gasteiger partial charge in [0.05, 0.1) is 7.11 Å². The van der Waals surface area contributed by atoms with Crippen molar-refractivity contribution in [2.24, 2.45) is 5.92 Å². The van der Waals surface area contributed by atoms with Gasteiger partial charge in [-0.15, -0.1) is 0 Å². The van der Waals surface area contributed by atoms with Gasteiger partial charge in [-0.25, -0.2) is 4.79 Å². The highest BCUT2D eigenvalue weighted by Gasteiger charge is 2.49. The number of hydrogen-bond donors (Lipinski definition) is 0. The number of hydrogen-bond acceptors (Lipinski definition) is 5. The largest absolute Gasteiger partial charge is 0.467 e. The molecule has 3 unspecified atom stereocenters. The van der Waals surface area contributed by atoms with Crippen molar-refractivity contribution in [2.75, 3.05) is 7.11 Å². The number of carbonyl (C=O) groups is 2. The highest BCUT2D eigenvalue weighted by molar-refractivity contribution is 5.84. The molecule has 0 radical (unpaired) electrons. The zero-order valence-electron chi connectivity index (χ0n) is 10.3. The molecule has 6 heteroatoms. The molecule has 1 amide bonds. The Morgan fingerprint density at radius 1 is 1.61 bits per heavy atom. The molecule has 1 fully saturated rings. The number of methoxy groups -OCH3 is 1. The topological polar surface area (TPSA) is 79.6 Å². The maximum atomic E-state index is 11.7. The number of carbonyl (C=O) groups excluding carboxylic acids is 2. The summed E-state index contributed by atoms with van der Waals surface area (Å²) in [7, 11) is 1.29. The van der Waals surface area contributed by atoms with Gasteiger partial charge in [0.15, 0.2) is 12.0 Å². The molecule has 18 heavy (non-hydrogen) atoms. The number of esters is 1. The van der Waals surface area contributed by atoms with Crippen molar-refractivity contribution in [3.8, 4) is 6.07 Å². The Bertz CT molecular complexity index is 451. The van der Waals surface area contributed by atoms with Gasteiger partial charge in [0.2, 0.25) is 5.91 Å². The Kier molecular flexibility index (Phi) is 3.24. The highest BCUT2D eigenvalue weighted by Crippen LogP contribution is 2.38. The number of nitriles is 1. The van der Waals surface area contributed by atoms with E-state index in [1.54, 1.807) is 6.08 Å². The van der Waals surface area contributed by atoms with Crippen LogP contribution in [-0.4, -0.2) is 36.2 Å². The van der Waals surface area contributed by atoms with Crippen LogP contribution in [0.3, 0.4) is 0 Å². The molecule has 0 aromatic heterocycles. The number of likely N-dealkylation sites (tertiary alicyclic amines) is 1. The normalized spacial score (nSPS) is 29.7. The third kappa shape index (κ3) is 1.92. The van der Waals surface area contributed by atoms with Crippen LogP contribution in [0.1, 0.15) is 19.8 Å². The molecule has 0 aliphatic carbocycles. The second kappa shape index (κ2) is 4.69. The van der Waals surface area contributed by atoms with Gasteiger partial charge < -0.3 is 9.47 Å². The highest BCUT2D eigenvalue weighted by atomic mass is 16.5. The van der Waals surface area contributed by atoms with Crippen LogP contribution in [-0.2, 0) is 19.1 Å². The number of ether oxygens (including phenoxy) is 2. The van der Waals surface area contributed by atoms with Gasteiger partial charge in [0, 0.05) is 12.8 Å². The molecule has 0 bridgehead atoms. The van der Waals surface area contributed by atoms with E-state index < -0.39 is 18.2 Å². The minimum atomic E-state index is -0.617. The number of amides is 1. The van der Waals surface area contributed by atoms with Crippen molar-refractivity contribution in [3.63, 3.8) is 0 Å². The standard InChI is InChI=1S/C12H14N2O4/c1-7(15)14-10(12(16)17-2)5-8-3-4-9(6-13)18-11(8)14/h4,8,10-11H,3,5H2,1-2H3. The van der Waals surface area contributed by atoms with E-state index >= 15 is 0 Å². The molecule has 0 aromatic rings. The van der Waals surface area contributed by atoms with E-state index in [1.165, 1.54) is 18.9 Å². The first-order chi connectivity index (χ1) is 8.58. The van der Waals surface area contributed by atoms with Gasteiger partial charge in [0.25, 0.3) is 0 Å². The monoisotopic (exact) mass is 250 g/mol. The molecule has 1 saturated heterocycles. The van der Waals surface area contributed by atoms with Crippen molar-refractivity contribution >= 4 is 11.9 Å². The summed E-state index contributed by atoms with van der Waals surface area (Å²) < 4.78 is 10.2. The molecule has 0 aromatic carbocycles. The van der Waals surface area contributed by atoms with Gasteiger partial charge in [-0.2, -0.15) is 5.26 Å². The van der Waals surface area contributed by atoms with Crippen LogP contribution in [0.5, 0.6) is 0 Å². The van der Waals surface area contributed by atoms with Crippen LogP contribution < -0.4 is 0 Å². The molecule has 2 aliphatic rings. The van der Waals surface area contributed by atoms with Crippen molar-refractivity contribution in [3.05, 3.63) is 11.8 Å². The lowest BCUT2D eigenvalue weighted by molar-refractivity contribution is -0.157. The third-order valence-corrected chi connectivity index (χ3v) is 3.34. The summed E-state index contributed by atoms with van der Waals surface area (Å²) in [6.45, 7) is 1.38. The summed E-state index contributed by atoms with van der Waals surface area (Å²) >= 11 is 0. The molecule has 0 spiro atoms. The van der Waals surface area contributed by atoms with E-state index in [1.807, 2.05) is 6.07 Å². The van der Waals surface area contributed by atoms with Crippen LogP contribution >= 0.6 is 0 Å². The second-order valence-electron chi connectivity index (χ2n) is 4.39. The molecular formula is C12H14N2O4. The Morgan fingerprint density at radius 3 is 2.89 bits per heavy atom. The fraction of sp³-hybridized carbons (Fsp3) is 0.583. The number of fused-ring (bicyclic) bond motifs is 1. The SMILES string of the molecule is COC(=O)C1CC2CC=C(C#N)OC2N1C(C)=O. The average Bonchev–Trinajstić information content (AvgIpc) is 2.75. The Balaban J connectivity index is 2.25. The first-order valence-corrected chi connectivity index (χ1v) is 5.72. The van der Waals surface area contributed by atoms with E-state index in [9.17, 15) is 9.59 Å². The van der Waals surface area contributed by atoms with Crippen LogP contribution in [0.15, 0.2) is 11.8 Å². The molecule has 2 heterocycles. The summed E-state index contributed by atoms with van der Waals surface area (Å²) in [5.74, 6) is -0.457. The van der Waals surface area contributed by atoms with E-state index in [0.717, 1.165) is 0 Å². The van der Waals surface area contributed by atoms with E-state index in [-0.39, 0.29) is 17.6 Å². The van der Waals surface area contributed by atoms with Crippen LogP contribution in [0.2, 0.25) is 0 Å². The summed E-state index contributed by atoms with van der Waals surface area (Å²) in [5, 5.41) is 8.82. The zero-order chi connectivity index (χ0) is 13.3. The quantitative estimate of drug-likeness (QED) is 0.635. The van der Waals surface area contributed by atoms with Crippen molar-refractivity contribution in [2.45, 2.75) is 32.0 Å². The summed E-state index contributed by atoms with van der Waals surface area (Å²) in [4.78, 5) is 24.7. The zero-order valence-corrected chi connectivity index (χ0v) is 10.3. The lowest BCUT2D eigenvalue weighted by Gasteiger charge is -2.31. The summed E-state index contributed by atoms with van der Waals surface area (Å²) in [6, 6.07) is 1.30. The van der Waals surface area contributed by atoms with Gasteiger partial charge in [0.1, 0.15) is 12.1 Å². The van der Waals surface area contributed by atoms with Crippen LogP contribution in [0.4, 0.5) is 0 Å². The van der Waals surface area contributed by atoms with Gasteiger partial charge >= 0.3 is 5.97 Å². The summed E-state index contributed by atoms with van der Waals surface area (Å²) in [6.07, 6.45) is 2.29. The Labute approximate surface area is 105 Å². The van der Waals surface area contributed by atoms with Gasteiger partial charge in [-0.05, 0) is 18.9 Å². The first-order valence-electron chi connectivity index (χ1n) is 5.72. The van der Waals surface area contributed by atoms with Crippen molar-refractivity contribution in [1.29, 1.82) is 5.26 Å². The lowest BCUT2D eigenvalue weighted by Crippen LogP contribution is -2.46. The van der Waals surface area contributed by atoms with Crippen molar-refractivity contribution in [1.82, 2.24) is 4.90 Å². The second-order valence-corrected chi connectivity index (χ2v) is 4.39. The Hall–Kier alpha value is -2.03. The number of allylic oxidation sites excluding steroid dienone is 2. The predicted molar refractivity (Wildman–Crippen MR) is 59.6 cm³/mol. The average molecular weight is 250 g/mol. The van der Waals surface area contributed by atoms with Crippen LogP contribution in [0.25, 0.3) is 0 Å². The van der Waals surface area contributed by atoms with Gasteiger partial charge in [-0.3, -0.25) is 9.69 Å². The molecule has 96 valence electrons. The van der Waals surface area contributed by atoms with E-state index in [4.69, 9.17) is 14.7 Å². The van der Waals surface area contributed by atoms with Crippen LogP contribution in [0, 0.1) is 17.2 Å². The smallest absolute Gasteiger partial charge is 0.328 e. The summed E-state index contributed by atoms with van der Waals surface area (Å²) in [5.41, 5.74) is 0. The fourth-order valence-electron chi connectivity index (χ4n) is 2.54. The van der Waals surface area contributed by atoms with E-state index in [2.05, 4.69) is 0 Å². The number of rotatable bonds is 1. The minimum Gasteiger partial charge on any atom is -0.467 e. The fourth-order valence-corrected chi connectivity index (χ4v) is 2.54.